The Morgan fingerprint density at radius 1 is 1.24 bits per heavy atom. The molecule has 1 aliphatic carbocycles. The highest BCUT2D eigenvalue weighted by Gasteiger charge is 2.25. The number of hydrogen-bond donors (Lipinski definition) is 2. The van der Waals surface area contributed by atoms with E-state index in [0.29, 0.717) is 41.4 Å². The summed E-state index contributed by atoms with van der Waals surface area (Å²) in [7, 11) is 1.64. The number of carbonyl (C=O) groups is 1. The molecular weight excluding hydrogens is 484 g/mol. The van der Waals surface area contributed by atoms with Gasteiger partial charge >= 0.3 is 6.09 Å². The Bertz CT molecular complexity index is 1550. The molecule has 1 saturated carbocycles. The number of hydrogen-bond acceptors (Lipinski definition) is 8. The van der Waals surface area contributed by atoms with Crippen LogP contribution >= 0.6 is 0 Å². The Labute approximate surface area is 220 Å². The van der Waals surface area contributed by atoms with Gasteiger partial charge in [0, 0.05) is 49.3 Å². The van der Waals surface area contributed by atoms with Crippen LogP contribution in [-0.2, 0) is 11.3 Å². The van der Waals surface area contributed by atoms with Crippen LogP contribution in [-0.4, -0.2) is 48.9 Å². The van der Waals surface area contributed by atoms with Gasteiger partial charge in [0.15, 0.2) is 0 Å². The van der Waals surface area contributed by atoms with Crippen LogP contribution < -0.4 is 21.1 Å². The van der Waals surface area contributed by atoms with Crippen molar-refractivity contribution < 1.29 is 9.53 Å². The number of anilines is 3. The zero-order valence-corrected chi connectivity index (χ0v) is 22.2. The van der Waals surface area contributed by atoms with Gasteiger partial charge in [0.2, 0.25) is 0 Å². The van der Waals surface area contributed by atoms with Gasteiger partial charge in [-0.3, -0.25) is 14.3 Å². The summed E-state index contributed by atoms with van der Waals surface area (Å²) in [6.07, 6.45) is 6.92. The Morgan fingerprint density at radius 2 is 2.03 bits per heavy atom. The molecule has 11 nitrogen and oxygen atoms in total. The molecule has 1 fully saturated rings. The van der Waals surface area contributed by atoms with Crippen molar-refractivity contribution in [3.8, 4) is 5.82 Å². The van der Waals surface area contributed by atoms with E-state index >= 15 is 0 Å². The fraction of sp³-hybridized carbons (Fsp3) is 0.370. The van der Waals surface area contributed by atoms with E-state index in [1.165, 1.54) is 22.3 Å². The Morgan fingerprint density at radius 3 is 2.74 bits per heavy atom. The maximum absolute atomic E-state index is 13.4. The second-order valence-corrected chi connectivity index (χ2v) is 10.4. The van der Waals surface area contributed by atoms with Crippen molar-refractivity contribution >= 4 is 28.8 Å². The maximum Gasteiger partial charge on any atom is 0.415 e. The molecule has 0 aliphatic heterocycles. The van der Waals surface area contributed by atoms with Crippen LogP contribution in [0.1, 0.15) is 45.0 Å². The van der Waals surface area contributed by atoms with Crippen LogP contribution in [0.25, 0.3) is 11.3 Å². The van der Waals surface area contributed by atoms with Crippen molar-refractivity contribution in [2.24, 2.45) is 0 Å². The van der Waals surface area contributed by atoms with Crippen molar-refractivity contribution in [3.63, 3.8) is 0 Å². The maximum atomic E-state index is 13.4. The molecule has 5 rings (SSSR count). The van der Waals surface area contributed by atoms with Crippen LogP contribution in [0, 0.1) is 6.92 Å². The highest BCUT2D eigenvalue weighted by atomic mass is 16.6. The van der Waals surface area contributed by atoms with Crippen molar-refractivity contribution in [2.45, 2.75) is 58.7 Å². The molecule has 4 heterocycles. The second kappa shape index (κ2) is 9.90. The normalized spacial score (nSPS) is 13.5. The van der Waals surface area contributed by atoms with E-state index in [0.717, 1.165) is 11.1 Å². The fourth-order valence-corrected chi connectivity index (χ4v) is 4.03. The fourth-order valence-electron chi connectivity index (χ4n) is 4.03. The first kappa shape index (κ1) is 25.4. The first-order valence-electron chi connectivity index (χ1n) is 12.6. The van der Waals surface area contributed by atoms with Gasteiger partial charge in [0.05, 0.1) is 11.7 Å². The summed E-state index contributed by atoms with van der Waals surface area (Å²) < 4.78 is 8.78. The third-order valence-corrected chi connectivity index (χ3v) is 6.08. The molecular formula is C27H32N8O3. The largest absolute Gasteiger partial charge is 0.443 e. The van der Waals surface area contributed by atoms with E-state index < -0.39 is 11.7 Å². The van der Waals surface area contributed by atoms with Gasteiger partial charge in [-0.1, -0.05) is 0 Å². The van der Waals surface area contributed by atoms with Gasteiger partial charge in [-0.2, -0.15) is 5.10 Å². The average molecular weight is 517 g/mol. The number of nitrogens with zero attached hydrogens (tertiary/aromatic N) is 6. The standard InChI is InChI=1S/C27H32N8O3/c1-17-28-11-10-23(31-17)34-12-6-7-21(25(34)36)32-20-13-22-18(15-29-19-8-9-19)16-30-35(22)24(14-20)33(5)26(37)38-27(2,3)4/h6-7,10-14,16,19,29,32H,8-9,15H2,1-5H3. The van der Waals surface area contributed by atoms with E-state index in [2.05, 4.69) is 25.7 Å². The summed E-state index contributed by atoms with van der Waals surface area (Å²) >= 11 is 0. The molecule has 1 amide bonds. The monoisotopic (exact) mass is 516 g/mol. The molecule has 1 aliphatic rings. The van der Waals surface area contributed by atoms with Crippen molar-refractivity contribution in [1.82, 2.24) is 29.5 Å². The minimum Gasteiger partial charge on any atom is -0.443 e. The van der Waals surface area contributed by atoms with Crippen LogP contribution in [0.2, 0.25) is 0 Å². The number of fused-ring (bicyclic) bond motifs is 1. The molecule has 0 unspecified atom stereocenters. The number of amides is 1. The van der Waals surface area contributed by atoms with Crippen molar-refractivity contribution in [1.29, 1.82) is 0 Å². The zero-order chi connectivity index (χ0) is 27.0. The molecule has 4 aromatic heterocycles. The number of carbonyl (C=O) groups excluding carboxylic acids is 1. The Hall–Kier alpha value is -4.25. The van der Waals surface area contributed by atoms with Gasteiger partial charge in [0.1, 0.15) is 28.7 Å². The van der Waals surface area contributed by atoms with Gasteiger partial charge in [-0.05, 0) is 64.8 Å². The lowest BCUT2D eigenvalue weighted by atomic mass is 10.2. The summed E-state index contributed by atoms with van der Waals surface area (Å²) in [5.74, 6) is 1.55. The van der Waals surface area contributed by atoms with Crippen LogP contribution in [0.5, 0.6) is 0 Å². The highest BCUT2D eigenvalue weighted by Crippen LogP contribution is 2.28. The highest BCUT2D eigenvalue weighted by molar-refractivity contribution is 5.88. The SMILES string of the molecule is Cc1nccc(-n2cccc(Nc3cc(N(C)C(=O)OC(C)(C)C)n4ncc(CNC5CC5)c4c3)c2=O)n1. The summed E-state index contributed by atoms with van der Waals surface area (Å²) in [6.45, 7) is 7.89. The predicted molar refractivity (Wildman–Crippen MR) is 145 cm³/mol. The van der Waals surface area contributed by atoms with Crippen LogP contribution in [0.3, 0.4) is 0 Å². The van der Waals surface area contributed by atoms with E-state index in [1.54, 1.807) is 61.3 Å². The molecule has 2 N–H and O–H groups in total. The first-order chi connectivity index (χ1) is 18.1. The average Bonchev–Trinajstić information content (AvgIpc) is 3.60. The van der Waals surface area contributed by atoms with E-state index in [9.17, 15) is 9.59 Å². The van der Waals surface area contributed by atoms with Crippen molar-refractivity contribution in [3.05, 3.63) is 70.7 Å². The topological polar surface area (TPSA) is 119 Å². The second-order valence-electron chi connectivity index (χ2n) is 10.4. The van der Waals surface area contributed by atoms with E-state index in [-0.39, 0.29) is 5.56 Å². The number of nitrogens with one attached hydrogen (secondary N) is 2. The summed E-state index contributed by atoms with van der Waals surface area (Å²) in [4.78, 5) is 36.2. The minimum absolute atomic E-state index is 0.267. The summed E-state index contributed by atoms with van der Waals surface area (Å²) in [6, 6.07) is 9.40. The molecule has 0 radical (unpaired) electrons. The Balaban J connectivity index is 1.54. The summed E-state index contributed by atoms with van der Waals surface area (Å²) in [5.41, 5.74) is 1.87. The molecule has 0 atom stereocenters. The smallest absolute Gasteiger partial charge is 0.415 e. The molecule has 0 aromatic carbocycles. The van der Waals surface area contributed by atoms with Crippen LogP contribution in [0.15, 0.2) is 53.7 Å². The minimum atomic E-state index is -0.655. The Kier molecular flexibility index (Phi) is 6.62. The lowest BCUT2D eigenvalue weighted by Crippen LogP contribution is -2.35. The van der Waals surface area contributed by atoms with Gasteiger partial charge in [-0.15, -0.1) is 0 Å². The molecule has 38 heavy (non-hydrogen) atoms. The number of rotatable bonds is 7. The predicted octanol–water partition coefficient (Wildman–Crippen LogP) is 3.95. The molecule has 198 valence electrons. The van der Waals surface area contributed by atoms with Crippen molar-refractivity contribution in [2.75, 3.05) is 17.3 Å². The molecule has 0 spiro atoms. The quantitative estimate of drug-likeness (QED) is 0.379. The molecule has 0 bridgehead atoms. The number of aryl methyl sites for hydroxylation is 1. The van der Waals surface area contributed by atoms with E-state index in [4.69, 9.17) is 4.74 Å². The molecule has 11 heteroatoms. The molecule has 0 saturated heterocycles. The van der Waals surface area contributed by atoms with E-state index in [1.807, 2.05) is 26.8 Å². The number of ether oxygens (including phenoxy) is 1. The van der Waals surface area contributed by atoms with Crippen LogP contribution in [0.4, 0.5) is 22.0 Å². The van der Waals surface area contributed by atoms with Gasteiger partial charge in [-0.25, -0.2) is 19.3 Å². The lowest BCUT2D eigenvalue weighted by Gasteiger charge is -2.25. The third kappa shape index (κ3) is 5.52. The number of aromatic nitrogens is 5. The van der Waals surface area contributed by atoms with Gasteiger partial charge < -0.3 is 15.4 Å². The molecule has 4 aromatic rings. The summed E-state index contributed by atoms with van der Waals surface area (Å²) in [5, 5.41) is 11.3. The zero-order valence-electron chi connectivity index (χ0n) is 22.2. The lowest BCUT2D eigenvalue weighted by molar-refractivity contribution is 0.0587. The first-order valence-corrected chi connectivity index (χ1v) is 12.6. The number of pyridine rings is 2. The third-order valence-electron chi connectivity index (χ3n) is 6.08. The van der Waals surface area contributed by atoms with Gasteiger partial charge in [0.25, 0.3) is 5.56 Å².